The summed E-state index contributed by atoms with van der Waals surface area (Å²) in [6.07, 6.45) is 0. The Morgan fingerprint density at radius 1 is 1.33 bits per heavy atom. The summed E-state index contributed by atoms with van der Waals surface area (Å²) in [5.74, 6) is 0.444. The molecule has 1 saturated heterocycles. The summed E-state index contributed by atoms with van der Waals surface area (Å²) >= 11 is 0. The van der Waals surface area contributed by atoms with Gasteiger partial charge in [-0.05, 0) is 0 Å². The lowest BCUT2D eigenvalue weighted by Crippen LogP contribution is -2.46. The number of benzene rings is 1. The van der Waals surface area contributed by atoms with E-state index in [0.29, 0.717) is 5.84 Å². The van der Waals surface area contributed by atoms with Gasteiger partial charge in [-0.1, -0.05) is 30.3 Å². The molecule has 2 rings (SSSR count). The molecule has 80 valence electrons. The maximum absolute atomic E-state index is 7.89. The topological polar surface area (TPSA) is 73.9 Å². The van der Waals surface area contributed by atoms with E-state index < -0.39 is 0 Å². The monoisotopic (exact) mass is 204 g/mol. The van der Waals surface area contributed by atoms with Crippen LogP contribution in [-0.2, 0) is 0 Å². The maximum atomic E-state index is 7.89. The second kappa shape index (κ2) is 4.42. The number of amidine groups is 1. The van der Waals surface area contributed by atoms with Gasteiger partial charge in [-0.2, -0.15) is 0 Å². The van der Waals surface area contributed by atoms with Gasteiger partial charge in [-0.3, -0.25) is 5.41 Å². The molecule has 0 saturated carbocycles. The Morgan fingerprint density at radius 2 is 2.07 bits per heavy atom. The van der Waals surface area contributed by atoms with Gasteiger partial charge in [-0.15, -0.1) is 0 Å². The van der Waals surface area contributed by atoms with Crippen molar-refractivity contribution in [2.45, 2.75) is 12.1 Å². The van der Waals surface area contributed by atoms with Crippen LogP contribution in [0.2, 0.25) is 0 Å². The summed E-state index contributed by atoms with van der Waals surface area (Å²) in [5.41, 5.74) is 6.78. The van der Waals surface area contributed by atoms with E-state index in [2.05, 4.69) is 10.6 Å². The zero-order valence-electron chi connectivity index (χ0n) is 8.53. The van der Waals surface area contributed by atoms with E-state index in [1.807, 2.05) is 30.3 Å². The molecule has 1 fully saturated rings. The molecule has 1 aliphatic heterocycles. The van der Waals surface area contributed by atoms with Crippen molar-refractivity contribution in [2.24, 2.45) is 5.73 Å². The molecule has 1 heterocycles. The van der Waals surface area contributed by atoms with Crippen LogP contribution in [0.4, 0.5) is 0 Å². The van der Waals surface area contributed by atoms with Gasteiger partial charge in [0, 0.05) is 24.7 Å². The zero-order valence-corrected chi connectivity index (χ0v) is 8.53. The first-order valence-electron chi connectivity index (χ1n) is 5.14. The van der Waals surface area contributed by atoms with Crippen molar-refractivity contribution >= 4 is 5.84 Å². The molecular weight excluding hydrogens is 188 g/mol. The quantitative estimate of drug-likeness (QED) is 0.401. The highest BCUT2D eigenvalue weighted by Crippen LogP contribution is 2.01. The molecule has 2 atom stereocenters. The number of hydrogen-bond acceptors (Lipinski definition) is 3. The van der Waals surface area contributed by atoms with Crippen LogP contribution in [0, 0.1) is 5.41 Å². The normalized spacial score (nSPS) is 25.1. The molecule has 1 aliphatic rings. The highest BCUT2D eigenvalue weighted by Gasteiger charge is 2.23. The second-order valence-electron chi connectivity index (χ2n) is 3.81. The Morgan fingerprint density at radius 3 is 2.67 bits per heavy atom. The van der Waals surface area contributed by atoms with Gasteiger partial charge in [0.25, 0.3) is 0 Å². The third kappa shape index (κ3) is 2.34. The molecule has 1 aromatic carbocycles. The van der Waals surface area contributed by atoms with Crippen molar-refractivity contribution in [3.05, 3.63) is 35.9 Å². The van der Waals surface area contributed by atoms with Gasteiger partial charge in [0.1, 0.15) is 5.84 Å². The molecule has 15 heavy (non-hydrogen) atoms. The standard InChI is InChI=1S/C11H16N4/c12-9-6-14-7-10(9)15-11(13)8-4-2-1-3-5-8/h1-5,9-10,14H,6-7,12H2,(H2,13,15). The van der Waals surface area contributed by atoms with Gasteiger partial charge < -0.3 is 16.4 Å². The first-order valence-corrected chi connectivity index (χ1v) is 5.14. The minimum atomic E-state index is 0.0917. The average molecular weight is 204 g/mol. The zero-order chi connectivity index (χ0) is 10.7. The van der Waals surface area contributed by atoms with E-state index in [1.165, 1.54) is 0 Å². The first-order chi connectivity index (χ1) is 7.27. The lowest BCUT2D eigenvalue weighted by Gasteiger charge is -2.18. The smallest absolute Gasteiger partial charge is 0.125 e. The molecule has 1 aromatic rings. The Bertz CT molecular complexity index is 336. The molecule has 2 unspecified atom stereocenters. The highest BCUT2D eigenvalue weighted by molar-refractivity contribution is 5.96. The van der Waals surface area contributed by atoms with E-state index in [4.69, 9.17) is 11.1 Å². The summed E-state index contributed by atoms with van der Waals surface area (Å²) in [5, 5.41) is 14.2. The van der Waals surface area contributed by atoms with E-state index in [-0.39, 0.29) is 12.1 Å². The van der Waals surface area contributed by atoms with Crippen LogP contribution in [0.5, 0.6) is 0 Å². The van der Waals surface area contributed by atoms with Crippen LogP contribution in [0.25, 0.3) is 0 Å². The van der Waals surface area contributed by atoms with Crippen LogP contribution in [-0.4, -0.2) is 31.0 Å². The van der Waals surface area contributed by atoms with Crippen molar-refractivity contribution in [2.75, 3.05) is 13.1 Å². The Hall–Kier alpha value is -1.39. The minimum Gasteiger partial charge on any atom is -0.364 e. The van der Waals surface area contributed by atoms with Crippen molar-refractivity contribution in [1.29, 1.82) is 5.41 Å². The van der Waals surface area contributed by atoms with Crippen LogP contribution in [0.1, 0.15) is 5.56 Å². The van der Waals surface area contributed by atoms with Crippen LogP contribution in [0.15, 0.2) is 30.3 Å². The molecule has 5 N–H and O–H groups in total. The Labute approximate surface area is 89.4 Å². The van der Waals surface area contributed by atoms with Gasteiger partial charge >= 0.3 is 0 Å². The van der Waals surface area contributed by atoms with Gasteiger partial charge in [0.05, 0.1) is 6.04 Å². The van der Waals surface area contributed by atoms with Crippen molar-refractivity contribution in [1.82, 2.24) is 10.6 Å². The lowest BCUT2D eigenvalue weighted by atomic mass is 10.1. The number of hydrogen-bond donors (Lipinski definition) is 4. The fraction of sp³-hybridized carbons (Fsp3) is 0.364. The van der Waals surface area contributed by atoms with Crippen LogP contribution < -0.4 is 16.4 Å². The third-order valence-corrected chi connectivity index (χ3v) is 2.65. The third-order valence-electron chi connectivity index (χ3n) is 2.65. The highest BCUT2D eigenvalue weighted by atomic mass is 15.1. The Kier molecular flexibility index (Phi) is 2.99. The number of rotatable bonds is 2. The number of nitrogens with two attached hydrogens (primary N) is 1. The summed E-state index contributed by atoms with van der Waals surface area (Å²) in [6.45, 7) is 1.65. The summed E-state index contributed by atoms with van der Waals surface area (Å²) < 4.78 is 0. The lowest BCUT2D eigenvalue weighted by molar-refractivity contribution is 0.586. The largest absolute Gasteiger partial charge is 0.364 e. The predicted octanol–water partition coefficient (Wildman–Crippen LogP) is -0.0993. The summed E-state index contributed by atoms with van der Waals surface area (Å²) in [6, 6.07) is 9.90. The van der Waals surface area contributed by atoms with E-state index in [9.17, 15) is 0 Å². The summed E-state index contributed by atoms with van der Waals surface area (Å²) in [4.78, 5) is 0. The molecule has 4 heteroatoms. The van der Waals surface area contributed by atoms with Crippen molar-refractivity contribution in [3.63, 3.8) is 0 Å². The minimum absolute atomic E-state index is 0.0917. The SMILES string of the molecule is N=C(NC1CNCC1N)c1ccccc1. The maximum Gasteiger partial charge on any atom is 0.125 e. The van der Waals surface area contributed by atoms with Crippen molar-refractivity contribution in [3.8, 4) is 0 Å². The second-order valence-corrected chi connectivity index (χ2v) is 3.81. The summed E-state index contributed by atoms with van der Waals surface area (Å²) in [7, 11) is 0. The first kappa shape index (κ1) is 10.1. The molecule has 0 radical (unpaired) electrons. The Balaban J connectivity index is 1.98. The average Bonchev–Trinajstić information content (AvgIpc) is 2.66. The molecule has 0 amide bonds. The van der Waals surface area contributed by atoms with Gasteiger partial charge in [-0.25, -0.2) is 0 Å². The van der Waals surface area contributed by atoms with Gasteiger partial charge in [0.15, 0.2) is 0 Å². The van der Waals surface area contributed by atoms with Crippen LogP contribution >= 0.6 is 0 Å². The van der Waals surface area contributed by atoms with E-state index in [1.54, 1.807) is 0 Å². The fourth-order valence-electron chi connectivity index (χ4n) is 1.73. The fourth-order valence-corrected chi connectivity index (χ4v) is 1.73. The van der Waals surface area contributed by atoms with Crippen molar-refractivity contribution < 1.29 is 0 Å². The molecule has 0 bridgehead atoms. The molecule has 4 nitrogen and oxygen atoms in total. The molecule has 0 spiro atoms. The molecule has 0 aromatic heterocycles. The van der Waals surface area contributed by atoms with Gasteiger partial charge in [0.2, 0.25) is 0 Å². The van der Waals surface area contributed by atoms with Crippen LogP contribution in [0.3, 0.4) is 0 Å². The predicted molar refractivity (Wildman–Crippen MR) is 61.0 cm³/mol. The molecular formula is C11H16N4. The van der Waals surface area contributed by atoms with E-state index >= 15 is 0 Å². The molecule has 0 aliphatic carbocycles. The van der Waals surface area contributed by atoms with E-state index in [0.717, 1.165) is 18.7 Å². The number of nitrogens with one attached hydrogen (secondary N) is 3.